The summed E-state index contributed by atoms with van der Waals surface area (Å²) in [5.74, 6) is -0.238. The lowest BCUT2D eigenvalue weighted by Crippen LogP contribution is -2.43. The largest absolute Gasteiger partial charge is 0.443 e. The van der Waals surface area contributed by atoms with Crippen molar-refractivity contribution >= 4 is 12.0 Å². The molecule has 0 aromatic heterocycles. The highest BCUT2D eigenvalue weighted by atomic mass is 16.6. The molecule has 0 fully saturated rings. The van der Waals surface area contributed by atoms with Gasteiger partial charge in [0.25, 0.3) is 5.91 Å². The van der Waals surface area contributed by atoms with Crippen LogP contribution in [0, 0.1) is 0 Å². The zero-order valence-corrected chi connectivity index (χ0v) is 10.6. The van der Waals surface area contributed by atoms with Gasteiger partial charge in [-0.2, -0.15) is 0 Å². The van der Waals surface area contributed by atoms with Crippen molar-refractivity contribution < 1.29 is 14.3 Å². The van der Waals surface area contributed by atoms with E-state index in [0.717, 1.165) is 12.0 Å². The van der Waals surface area contributed by atoms with Gasteiger partial charge in [0.2, 0.25) is 0 Å². The fourth-order valence-corrected chi connectivity index (χ4v) is 1.44. The van der Waals surface area contributed by atoms with Gasteiger partial charge in [-0.15, -0.1) is 0 Å². The Morgan fingerprint density at radius 3 is 2.38 bits per heavy atom. The summed E-state index contributed by atoms with van der Waals surface area (Å²) < 4.78 is 5.17. The molecule has 0 radical (unpaired) electrons. The van der Waals surface area contributed by atoms with E-state index in [0.29, 0.717) is 12.1 Å². The normalized spacial score (nSPS) is 17.8. The Bertz CT molecular complexity index is 350. The minimum absolute atomic E-state index is 0.238. The Morgan fingerprint density at radius 2 is 1.88 bits per heavy atom. The monoisotopic (exact) mass is 225 g/mol. The molecule has 0 aromatic rings. The van der Waals surface area contributed by atoms with E-state index in [2.05, 4.69) is 0 Å². The van der Waals surface area contributed by atoms with E-state index in [1.807, 2.05) is 6.92 Å². The number of hydrogen-bond donors (Lipinski definition) is 0. The predicted molar refractivity (Wildman–Crippen MR) is 60.9 cm³/mol. The molecule has 0 N–H and O–H groups in total. The van der Waals surface area contributed by atoms with Crippen molar-refractivity contribution in [2.24, 2.45) is 0 Å². The minimum Gasteiger partial charge on any atom is -0.443 e. The molecular formula is C12H19NO3. The quantitative estimate of drug-likeness (QED) is 0.636. The zero-order chi connectivity index (χ0) is 12.5. The van der Waals surface area contributed by atoms with Gasteiger partial charge in [-0.05, 0) is 41.0 Å². The molecule has 90 valence electrons. The van der Waals surface area contributed by atoms with E-state index in [1.165, 1.54) is 4.90 Å². The molecule has 0 spiro atoms. The molecule has 4 nitrogen and oxygen atoms in total. The minimum atomic E-state index is -0.568. The number of amides is 2. The smallest absolute Gasteiger partial charge is 0.417 e. The first kappa shape index (κ1) is 12.7. The maximum atomic E-state index is 11.8. The second-order valence-electron chi connectivity index (χ2n) is 5.09. The average Bonchev–Trinajstić information content (AvgIpc) is 2.11. The Labute approximate surface area is 96.3 Å². The van der Waals surface area contributed by atoms with Gasteiger partial charge >= 0.3 is 6.09 Å². The van der Waals surface area contributed by atoms with Gasteiger partial charge in [-0.25, -0.2) is 9.69 Å². The maximum absolute atomic E-state index is 11.8. The molecule has 1 aliphatic rings. The van der Waals surface area contributed by atoms with Gasteiger partial charge in [-0.1, -0.05) is 5.57 Å². The van der Waals surface area contributed by atoms with Crippen molar-refractivity contribution in [3.8, 4) is 0 Å². The molecular weight excluding hydrogens is 206 g/mol. The molecule has 1 rings (SSSR count). The summed E-state index contributed by atoms with van der Waals surface area (Å²) in [6.07, 6.45) is 0.181. The molecule has 0 atom stereocenters. The van der Waals surface area contributed by atoms with Gasteiger partial charge in [0.1, 0.15) is 5.60 Å². The van der Waals surface area contributed by atoms with E-state index in [-0.39, 0.29) is 5.91 Å². The van der Waals surface area contributed by atoms with Crippen LogP contribution in [0.4, 0.5) is 4.79 Å². The van der Waals surface area contributed by atoms with Crippen LogP contribution in [0.5, 0.6) is 0 Å². The lowest BCUT2D eigenvalue weighted by molar-refractivity contribution is -0.127. The van der Waals surface area contributed by atoms with Gasteiger partial charge < -0.3 is 4.74 Å². The van der Waals surface area contributed by atoms with Crippen molar-refractivity contribution in [3.05, 3.63) is 11.1 Å². The van der Waals surface area contributed by atoms with Crippen molar-refractivity contribution in [2.75, 3.05) is 6.54 Å². The van der Waals surface area contributed by atoms with Crippen LogP contribution in [0.15, 0.2) is 11.1 Å². The highest BCUT2D eigenvalue weighted by Crippen LogP contribution is 2.20. The summed E-state index contributed by atoms with van der Waals surface area (Å²) >= 11 is 0. The molecule has 0 aliphatic carbocycles. The molecule has 1 aliphatic heterocycles. The fraction of sp³-hybridized carbons (Fsp3) is 0.667. The second-order valence-corrected chi connectivity index (χ2v) is 5.09. The topological polar surface area (TPSA) is 46.6 Å². The molecule has 0 aromatic carbocycles. The molecule has 0 saturated heterocycles. The van der Waals surface area contributed by atoms with Gasteiger partial charge in [0.15, 0.2) is 0 Å². The highest BCUT2D eigenvalue weighted by Gasteiger charge is 2.30. The summed E-state index contributed by atoms with van der Waals surface area (Å²) in [4.78, 5) is 24.7. The summed E-state index contributed by atoms with van der Waals surface area (Å²) in [5.41, 5.74) is 1.13. The van der Waals surface area contributed by atoms with Crippen LogP contribution in [0.1, 0.15) is 41.0 Å². The Morgan fingerprint density at radius 1 is 1.31 bits per heavy atom. The Balaban J connectivity index is 2.78. The maximum Gasteiger partial charge on any atom is 0.417 e. The first-order chi connectivity index (χ1) is 7.22. The molecule has 0 bridgehead atoms. The first-order valence-corrected chi connectivity index (χ1v) is 5.43. The van der Waals surface area contributed by atoms with Gasteiger partial charge in [0, 0.05) is 12.1 Å². The number of carbonyl (C=O) groups is 2. The lowest BCUT2D eigenvalue weighted by Gasteiger charge is -2.29. The van der Waals surface area contributed by atoms with Crippen molar-refractivity contribution in [3.63, 3.8) is 0 Å². The van der Waals surface area contributed by atoms with E-state index >= 15 is 0 Å². The third-order valence-electron chi connectivity index (χ3n) is 2.53. The van der Waals surface area contributed by atoms with Crippen LogP contribution in [0.3, 0.4) is 0 Å². The first-order valence-electron chi connectivity index (χ1n) is 5.43. The summed E-state index contributed by atoms with van der Waals surface area (Å²) in [7, 11) is 0. The van der Waals surface area contributed by atoms with Crippen LogP contribution >= 0.6 is 0 Å². The number of imide groups is 1. The van der Waals surface area contributed by atoms with E-state index in [1.54, 1.807) is 27.7 Å². The number of rotatable bonds is 0. The van der Waals surface area contributed by atoms with Crippen LogP contribution in [0.25, 0.3) is 0 Å². The van der Waals surface area contributed by atoms with E-state index < -0.39 is 11.7 Å². The molecule has 1 heterocycles. The SMILES string of the molecule is CC1=C(C)C(=O)N(C(=O)OC(C)(C)C)CC1. The van der Waals surface area contributed by atoms with Crippen molar-refractivity contribution in [2.45, 2.75) is 46.6 Å². The molecule has 0 saturated carbocycles. The van der Waals surface area contributed by atoms with Crippen molar-refractivity contribution in [1.29, 1.82) is 0 Å². The second kappa shape index (κ2) is 4.28. The standard InChI is InChI=1S/C12H19NO3/c1-8-6-7-13(10(14)9(8)2)11(15)16-12(3,4)5/h6-7H2,1-5H3. The number of nitrogens with zero attached hydrogens (tertiary/aromatic N) is 1. The summed E-state index contributed by atoms with van der Waals surface area (Å²) in [6.45, 7) is 9.43. The lowest BCUT2D eigenvalue weighted by atomic mass is 10.0. The van der Waals surface area contributed by atoms with Crippen molar-refractivity contribution in [1.82, 2.24) is 4.90 Å². The third kappa shape index (κ3) is 2.84. The molecule has 16 heavy (non-hydrogen) atoms. The fourth-order valence-electron chi connectivity index (χ4n) is 1.44. The third-order valence-corrected chi connectivity index (χ3v) is 2.53. The molecule has 2 amide bonds. The Kier molecular flexibility index (Phi) is 3.41. The van der Waals surface area contributed by atoms with Crippen LogP contribution < -0.4 is 0 Å². The molecule has 4 heteroatoms. The van der Waals surface area contributed by atoms with Crippen LogP contribution in [0.2, 0.25) is 0 Å². The molecule has 0 unspecified atom stereocenters. The van der Waals surface area contributed by atoms with Crippen LogP contribution in [-0.2, 0) is 9.53 Å². The highest BCUT2D eigenvalue weighted by molar-refractivity contribution is 6.03. The van der Waals surface area contributed by atoms with Gasteiger partial charge in [0.05, 0.1) is 0 Å². The average molecular weight is 225 g/mol. The zero-order valence-electron chi connectivity index (χ0n) is 10.6. The Hall–Kier alpha value is -1.32. The summed E-state index contributed by atoms with van der Waals surface area (Å²) in [5, 5.41) is 0. The van der Waals surface area contributed by atoms with E-state index in [9.17, 15) is 9.59 Å². The van der Waals surface area contributed by atoms with Gasteiger partial charge in [-0.3, -0.25) is 4.79 Å². The summed E-state index contributed by atoms with van der Waals surface area (Å²) in [6, 6.07) is 0. The number of ether oxygens (including phenoxy) is 1. The predicted octanol–water partition coefficient (Wildman–Crippen LogP) is 2.49. The van der Waals surface area contributed by atoms with Crippen LogP contribution in [-0.4, -0.2) is 29.0 Å². The van der Waals surface area contributed by atoms with E-state index in [4.69, 9.17) is 4.74 Å². The number of carbonyl (C=O) groups excluding carboxylic acids is 2. The number of hydrogen-bond acceptors (Lipinski definition) is 3.